The van der Waals surface area contributed by atoms with Crippen LogP contribution in [0, 0.1) is 0 Å². The number of nitrogens with two attached hydrogens (primary N) is 1. The lowest BCUT2D eigenvalue weighted by Crippen LogP contribution is -2.22. The van der Waals surface area contributed by atoms with Crippen LogP contribution < -0.4 is 11.1 Å². The van der Waals surface area contributed by atoms with Crippen molar-refractivity contribution in [1.82, 2.24) is 19.9 Å². The van der Waals surface area contributed by atoms with Crippen molar-refractivity contribution in [1.29, 1.82) is 0 Å². The number of anilines is 1. The van der Waals surface area contributed by atoms with Gasteiger partial charge in [-0.15, -0.1) is 0 Å². The van der Waals surface area contributed by atoms with Gasteiger partial charge in [-0.05, 0) is 15.9 Å². The zero-order chi connectivity index (χ0) is 13.6. The second-order valence-electron chi connectivity index (χ2n) is 4.28. The number of nitrogens with zero attached hydrogens (tertiary/aromatic N) is 2. The Balaban J connectivity index is 2.24. The molecule has 0 atom stereocenters. The van der Waals surface area contributed by atoms with Gasteiger partial charge in [0.2, 0.25) is 0 Å². The largest absolute Gasteiger partial charge is 0.369 e. The predicted octanol–water partition coefficient (Wildman–Crippen LogP) is 1.27. The Morgan fingerprint density at radius 1 is 1.53 bits per heavy atom. The van der Waals surface area contributed by atoms with Gasteiger partial charge in [0.15, 0.2) is 5.95 Å². The Morgan fingerprint density at radius 2 is 2.32 bits per heavy atom. The Labute approximate surface area is 117 Å². The highest BCUT2D eigenvalue weighted by atomic mass is 79.9. The maximum Gasteiger partial charge on any atom is 0.268 e. The zero-order valence-corrected chi connectivity index (χ0v) is 11.8. The van der Waals surface area contributed by atoms with Crippen molar-refractivity contribution in [2.75, 3.05) is 12.3 Å². The fraction of sp³-hybridized carbons (Fsp3) is 0.167. The van der Waals surface area contributed by atoms with Crippen molar-refractivity contribution >= 4 is 33.4 Å². The van der Waals surface area contributed by atoms with E-state index in [0.717, 1.165) is 21.3 Å². The number of nitrogens with one attached hydrogen (secondary N) is 2. The van der Waals surface area contributed by atoms with Crippen LogP contribution in [0.5, 0.6) is 0 Å². The van der Waals surface area contributed by atoms with Crippen molar-refractivity contribution in [3.8, 4) is 0 Å². The van der Waals surface area contributed by atoms with Gasteiger partial charge in [0, 0.05) is 35.4 Å². The molecular weight excluding hydrogens is 310 g/mol. The summed E-state index contributed by atoms with van der Waals surface area (Å²) in [7, 11) is 1.85. The number of fused-ring (bicyclic) bond motifs is 1. The molecule has 6 nitrogen and oxygen atoms in total. The Bertz CT molecular complexity index is 697. The molecule has 0 saturated carbocycles. The monoisotopic (exact) mass is 321 g/mol. The van der Waals surface area contributed by atoms with Crippen molar-refractivity contribution in [3.05, 3.63) is 39.9 Å². The van der Waals surface area contributed by atoms with E-state index in [1.165, 1.54) is 0 Å². The maximum atomic E-state index is 11.9. The number of nitrogen functional groups attached to an aromatic ring is 1. The number of carbonyl (C=O) groups excluding carboxylic acids is 1. The zero-order valence-electron chi connectivity index (χ0n) is 10.2. The standard InChI is InChI=1S/C12H12BrN5O/c1-18-8(5-17-12(18)14)6-2-3-15-11(19)10-9(6)7(13)4-16-10/h2,4-5,16H,3H2,1H3,(H2,14,17)(H,15,19). The molecule has 4 N–H and O–H groups in total. The molecule has 0 bridgehead atoms. The van der Waals surface area contributed by atoms with E-state index < -0.39 is 0 Å². The van der Waals surface area contributed by atoms with Gasteiger partial charge in [0.05, 0.1) is 11.9 Å². The molecule has 3 heterocycles. The number of hydrogen-bond donors (Lipinski definition) is 3. The quantitative estimate of drug-likeness (QED) is 0.739. The van der Waals surface area contributed by atoms with Crippen LogP contribution in [0.15, 0.2) is 22.9 Å². The third kappa shape index (κ3) is 1.77. The maximum absolute atomic E-state index is 11.9. The molecule has 1 aliphatic heterocycles. The van der Waals surface area contributed by atoms with Gasteiger partial charge in [-0.1, -0.05) is 6.08 Å². The first-order valence-electron chi connectivity index (χ1n) is 5.72. The molecule has 0 saturated heterocycles. The molecule has 0 spiro atoms. The molecule has 3 rings (SSSR count). The summed E-state index contributed by atoms with van der Waals surface area (Å²) < 4.78 is 2.63. The molecule has 0 fully saturated rings. The second-order valence-corrected chi connectivity index (χ2v) is 5.13. The van der Waals surface area contributed by atoms with E-state index in [9.17, 15) is 4.79 Å². The topological polar surface area (TPSA) is 88.7 Å². The van der Waals surface area contributed by atoms with Gasteiger partial charge >= 0.3 is 0 Å². The fourth-order valence-electron chi connectivity index (χ4n) is 2.18. The molecule has 2 aromatic rings. The molecule has 0 aromatic carbocycles. The average molecular weight is 322 g/mol. The van der Waals surface area contributed by atoms with Crippen LogP contribution in [0.1, 0.15) is 21.7 Å². The molecule has 0 unspecified atom stereocenters. The number of imidazole rings is 1. The summed E-state index contributed by atoms with van der Waals surface area (Å²) in [5.41, 5.74) is 8.93. The number of hydrogen-bond acceptors (Lipinski definition) is 3. The van der Waals surface area contributed by atoms with Crippen molar-refractivity contribution in [3.63, 3.8) is 0 Å². The molecule has 1 aliphatic rings. The van der Waals surface area contributed by atoms with Gasteiger partial charge in [0.1, 0.15) is 5.69 Å². The summed E-state index contributed by atoms with van der Waals surface area (Å²) in [6.07, 6.45) is 5.42. The first-order valence-corrected chi connectivity index (χ1v) is 6.52. The van der Waals surface area contributed by atoms with E-state index in [1.807, 2.05) is 13.1 Å². The van der Waals surface area contributed by atoms with Crippen LogP contribution >= 0.6 is 15.9 Å². The van der Waals surface area contributed by atoms with Gasteiger partial charge in [-0.2, -0.15) is 0 Å². The van der Waals surface area contributed by atoms with E-state index in [4.69, 9.17) is 5.73 Å². The molecule has 1 amide bonds. The number of rotatable bonds is 1. The summed E-state index contributed by atoms with van der Waals surface area (Å²) in [6, 6.07) is 0. The second kappa shape index (κ2) is 4.27. The van der Waals surface area contributed by atoms with Crippen LogP contribution in [-0.2, 0) is 7.05 Å². The lowest BCUT2D eigenvalue weighted by atomic mass is 10.0. The Hall–Kier alpha value is -2.02. The van der Waals surface area contributed by atoms with Crippen molar-refractivity contribution in [2.45, 2.75) is 0 Å². The lowest BCUT2D eigenvalue weighted by Gasteiger charge is -2.08. The van der Waals surface area contributed by atoms with E-state index in [1.54, 1.807) is 17.0 Å². The van der Waals surface area contributed by atoms with E-state index in [2.05, 4.69) is 31.2 Å². The number of halogens is 1. The number of amides is 1. The Morgan fingerprint density at radius 3 is 3.00 bits per heavy atom. The summed E-state index contributed by atoms with van der Waals surface area (Å²) in [6.45, 7) is 0.466. The average Bonchev–Trinajstić information content (AvgIpc) is 2.86. The van der Waals surface area contributed by atoms with Crippen LogP contribution in [0.3, 0.4) is 0 Å². The van der Waals surface area contributed by atoms with Crippen LogP contribution in [0.4, 0.5) is 5.95 Å². The van der Waals surface area contributed by atoms with E-state index in [-0.39, 0.29) is 5.91 Å². The molecule has 0 aliphatic carbocycles. The molecule has 98 valence electrons. The number of H-pyrrole nitrogens is 1. The summed E-state index contributed by atoms with van der Waals surface area (Å²) in [5, 5.41) is 2.81. The molecular formula is C12H12BrN5O. The minimum Gasteiger partial charge on any atom is -0.369 e. The highest BCUT2D eigenvalue weighted by Gasteiger charge is 2.24. The first kappa shape index (κ1) is 12.0. The van der Waals surface area contributed by atoms with Gasteiger partial charge in [-0.3, -0.25) is 4.79 Å². The van der Waals surface area contributed by atoms with Gasteiger partial charge in [0.25, 0.3) is 5.91 Å². The number of aromatic amines is 1. The van der Waals surface area contributed by atoms with Crippen LogP contribution in [0.2, 0.25) is 0 Å². The summed E-state index contributed by atoms with van der Waals surface area (Å²) in [5.74, 6) is 0.315. The third-order valence-electron chi connectivity index (χ3n) is 3.20. The van der Waals surface area contributed by atoms with Crippen molar-refractivity contribution < 1.29 is 4.79 Å². The van der Waals surface area contributed by atoms with Crippen LogP contribution in [-0.4, -0.2) is 27.0 Å². The molecule has 7 heteroatoms. The summed E-state index contributed by atoms with van der Waals surface area (Å²) >= 11 is 3.47. The highest BCUT2D eigenvalue weighted by molar-refractivity contribution is 9.10. The Kier molecular flexibility index (Phi) is 2.70. The molecule has 2 aromatic heterocycles. The van der Waals surface area contributed by atoms with Gasteiger partial charge in [-0.25, -0.2) is 4.98 Å². The lowest BCUT2D eigenvalue weighted by molar-refractivity contribution is 0.0954. The normalized spacial score (nSPS) is 14.6. The van der Waals surface area contributed by atoms with Gasteiger partial charge < -0.3 is 20.6 Å². The van der Waals surface area contributed by atoms with E-state index >= 15 is 0 Å². The van der Waals surface area contributed by atoms with Crippen molar-refractivity contribution in [2.24, 2.45) is 7.05 Å². The third-order valence-corrected chi connectivity index (χ3v) is 3.82. The predicted molar refractivity (Wildman–Crippen MR) is 75.5 cm³/mol. The van der Waals surface area contributed by atoms with Crippen LogP contribution in [0.25, 0.3) is 5.57 Å². The van der Waals surface area contributed by atoms with E-state index in [0.29, 0.717) is 18.2 Å². The SMILES string of the molecule is Cn1c(C2=CCNC(=O)c3[nH]cc(Br)c32)cnc1N. The number of carbonyl (C=O) groups is 1. The molecule has 19 heavy (non-hydrogen) atoms. The number of aromatic nitrogens is 3. The smallest absolute Gasteiger partial charge is 0.268 e. The minimum atomic E-state index is -0.123. The minimum absolute atomic E-state index is 0.123. The molecule has 0 radical (unpaired) electrons. The first-order chi connectivity index (χ1) is 9.09. The summed E-state index contributed by atoms with van der Waals surface area (Å²) in [4.78, 5) is 19.0. The highest BCUT2D eigenvalue weighted by Crippen LogP contribution is 2.33. The fourth-order valence-corrected chi connectivity index (χ4v) is 2.71.